The number of hydrogen-bond acceptors (Lipinski definition) is 8. The highest BCUT2D eigenvalue weighted by atomic mass is 19.4. The molecule has 1 amide bonds. The predicted molar refractivity (Wildman–Crippen MR) is 117 cm³/mol. The number of aromatic nitrogens is 4. The van der Waals surface area contributed by atoms with Gasteiger partial charge in [-0.2, -0.15) is 18.4 Å². The van der Waals surface area contributed by atoms with Gasteiger partial charge in [0.05, 0.1) is 36.0 Å². The lowest BCUT2D eigenvalue weighted by Gasteiger charge is -2.31. The number of nitrogens with one attached hydrogen (secondary N) is 2. The van der Waals surface area contributed by atoms with E-state index in [1.54, 1.807) is 11.0 Å². The van der Waals surface area contributed by atoms with E-state index in [4.69, 9.17) is 5.26 Å². The van der Waals surface area contributed by atoms with Crippen molar-refractivity contribution in [1.29, 1.82) is 5.26 Å². The number of carbonyl (C=O) groups excluding carboxylic acids is 1. The van der Waals surface area contributed by atoms with Crippen LogP contribution in [0.1, 0.15) is 32.9 Å². The van der Waals surface area contributed by atoms with Crippen LogP contribution in [0.15, 0.2) is 36.7 Å². The van der Waals surface area contributed by atoms with Gasteiger partial charge in [0, 0.05) is 17.8 Å². The first kappa shape index (κ1) is 24.7. The van der Waals surface area contributed by atoms with Gasteiger partial charge in [-0.15, -0.1) is 10.2 Å². The molecule has 36 heavy (non-hydrogen) atoms. The molecule has 0 bridgehead atoms. The fourth-order valence-corrected chi connectivity index (χ4v) is 3.65. The molecule has 1 aliphatic heterocycles. The van der Waals surface area contributed by atoms with Crippen LogP contribution in [-0.2, 0) is 19.1 Å². The zero-order valence-corrected chi connectivity index (χ0v) is 18.4. The number of carbonyl (C=O) groups is 1. The molecular formula is C22H17F5N8O. The molecule has 2 aromatic heterocycles. The van der Waals surface area contributed by atoms with Crippen molar-refractivity contribution in [3.05, 3.63) is 64.7 Å². The van der Waals surface area contributed by atoms with Gasteiger partial charge in [-0.25, -0.2) is 18.7 Å². The van der Waals surface area contributed by atoms with E-state index < -0.39 is 36.2 Å². The molecule has 3 aromatic rings. The van der Waals surface area contributed by atoms with Crippen LogP contribution in [0.25, 0.3) is 0 Å². The number of amides is 1. The standard InChI is InChI=1S/C22H17F5N8O/c23-18(24)9-29-21(36)16-3-4-19(34-33-16)32-20-14-5-6-35(10-17(14)30-11-31-20)13-2-1-12(8-28)15(7-13)22(25,26)27/h1-4,7,11,18H,5-6,9-10H2,(H,29,36)(H,30,31,32,34). The molecule has 3 heterocycles. The third kappa shape index (κ3) is 5.45. The summed E-state index contributed by atoms with van der Waals surface area (Å²) in [7, 11) is 0. The maximum Gasteiger partial charge on any atom is 0.417 e. The number of nitrogens with zero attached hydrogens (tertiary/aromatic N) is 6. The minimum atomic E-state index is -4.66. The summed E-state index contributed by atoms with van der Waals surface area (Å²) in [6.07, 6.45) is -5.65. The Bertz CT molecular complexity index is 1310. The predicted octanol–water partition coefficient (Wildman–Crippen LogP) is 3.46. The maximum absolute atomic E-state index is 13.4. The van der Waals surface area contributed by atoms with Crippen LogP contribution in [0.5, 0.6) is 0 Å². The molecule has 14 heteroatoms. The van der Waals surface area contributed by atoms with Gasteiger partial charge in [0.25, 0.3) is 12.3 Å². The average Bonchev–Trinajstić information content (AvgIpc) is 2.86. The molecule has 9 nitrogen and oxygen atoms in total. The largest absolute Gasteiger partial charge is 0.417 e. The molecule has 2 N–H and O–H groups in total. The summed E-state index contributed by atoms with van der Waals surface area (Å²) < 4.78 is 64.6. The molecule has 0 saturated carbocycles. The van der Waals surface area contributed by atoms with Crippen LogP contribution in [-0.4, -0.2) is 45.6 Å². The Morgan fingerprint density at radius 2 is 1.97 bits per heavy atom. The Morgan fingerprint density at radius 3 is 2.64 bits per heavy atom. The van der Waals surface area contributed by atoms with E-state index in [0.717, 1.165) is 17.7 Å². The topological polar surface area (TPSA) is 120 Å². The van der Waals surface area contributed by atoms with Crippen molar-refractivity contribution in [2.24, 2.45) is 0 Å². The zero-order valence-electron chi connectivity index (χ0n) is 18.4. The molecule has 1 aromatic carbocycles. The van der Waals surface area contributed by atoms with Gasteiger partial charge in [0.2, 0.25) is 0 Å². The number of anilines is 3. The highest BCUT2D eigenvalue weighted by molar-refractivity contribution is 5.92. The molecule has 0 spiro atoms. The number of nitriles is 1. The number of alkyl halides is 5. The highest BCUT2D eigenvalue weighted by Gasteiger charge is 2.34. The quantitative estimate of drug-likeness (QED) is 0.490. The van der Waals surface area contributed by atoms with E-state index in [1.165, 1.54) is 24.5 Å². The fraction of sp³-hybridized carbons (Fsp3) is 0.273. The maximum atomic E-state index is 13.4. The summed E-state index contributed by atoms with van der Waals surface area (Å²) in [5, 5.41) is 21.6. The van der Waals surface area contributed by atoms with Crippen molar-refractivity contribution in [3.8, 4) is 6.07 Å². The normalized spacial score (nSPS) is 13.2. The lowest BCUT2D eigenvalue weighted by molar-refractivity contribution is -0.137. The molecule has 186 valence electrons. The van der Waals surface area contributed by atoms with Crippen LogP contribution in [0.3, 0.4) is 0 Å². The second-order valence-corrected chi connectivity index (χ2v) is 7.69. The molecule has 0 aliphatic carbocycles. The molecule has 1 aliphatic rings. The monoisotopic (exact) mass is 504 g/mol. The van der Waals surface area contributed by atoms with Crippen molar-refractivity contribution in [3.63, 3.8) is 0 Å². The minimum Gasteiger partial charge on any atom is -0.365 e. The number of hydrogen-bond donors (Lipinski definition) is 2. The Morgan fingerprint density at radius 1 is 1.17 bits per heavy atom. The Kier molecular flexibility index (Phi) is 6.91. The summed E-state index contributed by atoms with van der Waals surface area (Å²) in [6.45, 7) is -0.220. The van der Waals surface area contributed by atoms with E-state index in [9.17, 15) is 26.7 Å². The van der Waals surface area contributed by atoms with Crippen molar-refractivity contribution in [2.45, 2.75) is 25.6 Å². The van der Waals surface area contributed by atoms with Crippen molar-refractivity contribution < 1.29 is 26.7 Å². The van der Waals surface area contributed by atoms with Crippen LogP contribution >= 0.6 is 0 Å². The first-order chi connectivity index (χ1) is 17.2. The molecule has 0 atom stereocenters. The van der Waals surface area contributed by atoms with Gasteiger partial charge in [-0.05, 0) is 36.8 Å². The van der Waals surface area contributed by atoms with E-state index in [2.05, 4.69) is 25.5 Å². The Labute approximate surface area is 201 Å². The second kappa shape index (κ2) is 10.1. The minimum absolute atomic E-state index is 0.137. The number of fused-ring (bicyclic) bond motifs is 1. The first-order valence-electron chi connectivity index (χ1n) is 10.5. The smallest absolute Gasteiger partial charge is 0.365 e. The Hall–Kier alpha value is -4.41. The number of rotatable bonds is 6. The fourth-order valence-electron chi connectivity index (χ4n) is 3.65. The summed E-state index contributed by atoms with van der Waals surface area (Å²) in [5.74, 6) is -0.129. The first-order valence-corrected chi connectivity index (χ1v) is 10.5. The van der Waals surface area contributed by atoms with Crippen LogP contribution in [0, 0.1) is 11.3 Å². The molecule has 0 saturated heterocycles. The van der Waals surface area contributed by atoms with Gasteiger partial charge in [-0.1, -0.05) is 0 Å². The van der Waals surface area contributed by atoms with Gasteiger partial charge in [-0.3, -0.25) is 4.79 Å². The van der Waals surface area contributed by atoms with E-state index in [-0.39, 0.29) is 18.1 Å². The molecule has 0 radical (unpaired) electrons. The van der Waals surface area contributed by atoms with E-state index in [1.807, 2.05) is 5.32 Å². The van der Waals surface area contributed by atoms with Crippen molar-refractivity contribution >= 4 is 23.2 Å². The van der Waals surface area contributed by atoms with Crippen LogP contribution in [0.2, 0.25) is 0 Å². The molecule has 0 unspecified atom stereocenters. The molecule has 0 fully saturated rings. The highest BCUT2D eigenvalue weighted by Crippen LogP contribution is 2.36. The van der Waals surface area contributed by atoms with Crippen LogP contribution < -0.4 is 15.5 Å². The van der Waals surface area contributed by atoms with Crippen molar-refractivity contribution in [2.75, 3.05) is 23.3 Å². The third-order valence-electron chi connectivity index (χ3n) is 5.36. The molecule has 4 rings (SSSR count). The number of benzene rings is 1. The van der Waals surface area contributed by atoms with Gasteiger partial charge < -0.3 is 15.5 Å². The Balaban J connectivity index is 1.50. The lowest BCUT2D eigenvalue weighted by Crippen LogP contribution is -2.32. The van der Waals surface area contributed by atoms with Crippen molar-refractivity contribution in [1.82, 2.24) is 25.5 Å². The van der Waals surface area contributed by atoms with Gasteiger partial charge >= 0.3 is 6.18 Å². The van der Waals surface area contributed by atoms with Crippen LogP contribution in [0.4, 0.5) is 39.3 Å². The number of halogens is 5. The molecular weight excluding hydrogens is 487 g/mol. The average molecular weight is 504 g/mol. The summed E-state index contributed by atoms with van der Waals surface area (Å²) in [6, 6.07) is 7.89. The third-order valence-corrected chi connectivity index (χ3v) is 5.36. The summed E-state index contributed by atoms with van der Waals surface area (Å²) >= 11 is 0. The second-order valence-electron chi connectivity index (χ2n) is 7.69. The lowest BCUT2D eigenvalue weighted by atomic mass is 10.0. The van der Waals surface area contributed by atoms with E-state index in [0.29, 0.717) is 30.2 Å². The van der Waals surface area contributed by atoms with Gasteiger partial charge in [0.1, 0.15) is 12.1 Å². The van der Waals surface area contributed by atoms with Gasteiger partial charge in [0.15, 0.2) is 11.5 Å². The SMILES string of the molecule is N#Cc1ccc(N2CCc3c(ncnc3Nc3ccc(C(=O)NCC(F)F)nn3)C2)cc1C(F)(F)F. The summed E-state index contributed by atoms with van der Waals surface area (Å²) in [4.78, 5) is 22.0. The summed E-state index contributed by atoms with van der Waals surface area (Å²) in [5.41, 5.74) is 0.0554. The zero-order chi connectivity index (χ0) is 25.9. The van der Waals surface area contributed by atoms with E-state index >= 15 is 0 Å².